The van der Waals surface area contributed by atoms with Crippen molar-refractivity contribution in [2.75, 3.05) is 0 Å². The molecule has 0 bridgehead atoms. The number of ketones is 1. The number of aliphatic hydroxyl groups is 1. The molecule has 1 N–H and O–H groups in total. The number of rotatable bonds is 0. The Balaban J connectivity index is 3.00. The van der Waals surface area contributed by atoms with Gasteiger partial charge in [0.2, 0.25) is 0 Å². The minimum absolute atomic E-state index is 0.0556. The van der Waals surface area contributed by atoms with Crippen molar-refractivity contribution in [3.63, 3.8) is 0 Å². The summed E-state index contributed by atoms with van der Waals surface area (Å²) in [6.07, 6.45) is 1.60. The fraction of sp³-hybridized carbons (Fsp3) is 0. The summed E-state index contributed by atoms with van der Waals surface area (Å²) >= 11 is 0. The maximum atomic E-state index is 10.4. The lowest BCUT2D eigenvalue weighted by atomic mass is 10.2. The van der Waals surface area contributed by atoms with Gasteiger partial charge >= 0.3 is 5.91 Å². The Morgan fingerprint density at radius 2 is 2.22 bits per heavy atom. The van der Waals surface area contributed by atoms with Gasteiger partial charge in [-0.1, -0.05) is 0 Å². The summed E-state index contributed by atoms with van der Waals surface area (Å²) in [6, 6.07) is 0. The normalized spacial score (nSPS) is 22.0. The molecule has 0 aromatic rings. The van der Waals surface area contributed by atoms with E-state index >= 15 is 0 Å². The Hall–Kier alpha value is -1.45. The molecule has 0 aliphatic carbocycles. The summed E-state index contributed by atoms with van der Waals surface area (Å²) in [5.74, 6) is -1.58. The lowest BCUT2D eigenvalue weighted by Crippen LogP contribution is -2.06. The van der Waals surface area contributed by atoms with Crippen LogP contribution >= 0.6 is 0 Å². The second kappa shape index (κ2) is 1.81. The number of carbonyl (C=O) groups is 2. The topological polar surface area (TPSA) is 66.7 Å². The number of aliphatic imine (C=N–C) groups is 1. The van der Waals surface area contributed by atoms with Gasteiger partial charge in [0.05, 0.1) is 11.8 Å². The predicted molar refractivity (Wildman–Crippen MR) is 29.2 cm³/mol. The van der Waals surface area contributed by atoms with E-state index in [0.717, 1.165) is 6.21 Å². The Morgan fingerprint density at radius 1 is 1.56 bits per heavy atom. The van der Waals surface area contributed by atoms with Crippen LogP contribution in [0.15, 0.2) is 16.8 Å². The molecule has 0 spiro atoms. The zero-order valence-corrected chi connectivity index (χ0v) is 4.37. The Kier molecular flexibility index (Phi) is 1.14. The third-order valence-corrected chi connectivity index (χ3v) is 0.916. The minimum atomic E-state index is -0.824. The molecule has 9 heavy (non-hydrogen) atoms. The van der Waals surface area contributed by atoms with Crippen molar-refractivity contribution < 1.29 is 14.7 Å². The van der Waals surface area contributed by atoms with Gasteiger partial charge in [0.15, 0.2) is 0 Å². The highest BCUT2D eigenvalue weighted by Crippen LogP contribution is 2.00. The van der Waals surface area contributed by atoms with Crippen molar-refractivity contribution in [3.8, 4) is 0 Å². The van der Waals surface area contributed by atoms with E-state index < -0.39 is 11.7 Å². The summed E-state index contributed by atoms with van der Waals surface area (Å²) < 4.78 is 0. The quantitative estimate of drug-likeness (QED) is 0.272. The second-order valence-electron chi connectivity index (χ2n) is 1.48. The van der Waals surface area contributed by atoms with Crippen LogP contribution in [0.3, 0.4) is 0 Å². The second-order valence-corrected chi connectivity index (χ2v) is 1.48. The van der Waals surface area contributed by atoms with Crippen molar-refractivity contribution in [2.45, 2.75) is 0 Å². The van der Waals surface area contributed by atoms with Gasteiger partial charge in [-0.2, -0.15) is 0 Å². The van der Waals surface area contributed by atoms with E-state index in [9.17, 15) is 9.59 Å². The Labute approximate surface area is 50.5 Å². The number of amides is 1. The van der Waals surface area contributed by atoms with Gasteiger partial charge < -0.3 is 5.11 Å². The molecule has 1 aliphatic rings. The molecule has 0 radical (unpaired) electrons. The maximum Gasteiger partial charge on any atom is 0.318 e. The fourth-order valence-electron chi connectivity index (χ4n) is 0.461. The largest absolute Gasteiger partial charge is 0.515 e. The van der Waals surface area contributed by atoms with Crippen LogP contribution in [0.2, 0.25) is 0 Å². The number of hydrogen-bond acceptors (Lipinski definition) is 3. The van der Waals surface area contributed by atoms with Crippen molar-refractivity contribution in [1.29, 1.82) is 0 Å². The molecule has 4 heteroatoms. The van der Waals surface area contributed by atoms with E-state index in [1.165, 1.54) is 0 Å². The van der Waals surface area contributed by atoms with E-state index in [4.69, 9.17) is 5.11 Å². The number of nitrogens with zero attached hydrogens (tertiary/aromatic N) is 1. The predicted octanol–water partition coefficient (Wildman–Crippen LogP) is -0.392. The first kappa shape index (κ1) is 5.68. The van der Waals surface area contributed by atoms with Gasteiger partial charge in [0, 0.05) is 6.21 Å². The molecule has 0 aromatic carbocycles. The van der Waals surface area contributed by atoms with Crippen LogP contribution in [-0.4, -0.2) is 23.0 Å². The van der Waals surface area contributed by atoms with Crippen molar-refractivity contribution >= 4 is 17.9 Å². The van der Waals surface area contributed by atoms with E-state index in [1.54, 1.807) is 0 Å². The van der Waals surface area contributed by atoms with Gasteiger partial charge in [0.25, 0.3) is 5.78 Å². The average molecular weight is 125 g/mol. The lowest BCUT2D eigenvalue weighted by molar-refractivity contribution is -0.132. The van der Waals surface area contributed by atoms with Crippen molar-refractivity contribution in [3.05, 3.63) is 11.8 Å². The van der Waals surface area contributed by atoms with Crippen LogP contribution in [0.4, 0.5) is 0 Å². The van der Waals surface area contributed by atoms with Crippen molar-refractivity contribution in [2.24, 2.45) is 4.99 Å². The molecule has 1 heterocycles. The molecule has 0 unspecified atom stereocenters. The van der Waals surface area contributed by atoms with Gasteiger partial charge in [-0.25, -0.2) is 4.99 Å². The molecule has 1 aliphatic heterocycles. The molecule has 1 amide bonds. The van der Waals surface area contributed by atoms with Crippen LogP contribution in [0.1, 0.15) is 0 Å². The highest BCUT2D eigenvalue weighted by atomic mass is 16.2. The highest BCUT2D eigenvalue weighted by Gasteiger charge is 2.22. The smallest absolute Gasteiger partial charge is 0.318 e. The van der Waals surface area contributed by atoms with Crippen LogP contribution < -0.4 is 0 Å². The number of carbonyl (C=O) groups excluding carboxylic acids is 2. The average Bonchev–Trinajstić information content (AvgIpc) is 2.15. The van der Waals surface area contributed by atoms with E-state index in [2.05, 4.69) is 4.99 Å². The van der Waals surface area contributed by atoms with Crippen LogP contribution in [-0.2, 0) is 9.59 Å². The van der Waals surface area contributed by atoms with E-state index in [1.807, 2.05) is 0 Å². The summed E-state index contributed by atoms with van der Waals surface area (Å²) in [5.41, 5.74) is -0.0556. The SMILES string of the molecule is O=C1N=C/C(=C\O)C1=O. The van der Waals surface area contributed by atoms with Gasteiger partial charge in [-0.15, -0.1) is 0 Å². The molecular weight excluding hydrogens is 122 g/mol. The monoisotopic (exact) mass is 125 g/mol. The van der Waals surface area contributed by atoms with Crippen LogP contribution in [0, 0.1) is 0 Å². The molecule has 4 nitrogen and oxygen atoms in total. The van der Waals surface area contributed by atoms with E-state index in [0.29, 0.717) is 6.26 Å². The Morgan fingerprint density at radius 3 is 2.44 bits per heavy atom. The first-order valence-corrected chi connectivity index (χ1v) is 2.23. The van der Waals surface area contributed by atoms with E-state index in [-0.39, 0.29) is 5.57 Å². The molecule has 0 aromatic heterocycles. The Bertz CT molecular complexity index is 226. The highest BCUT2D eigenvalue weighted by molar-refractivity contribution is 6.52. The first-order chi connectivity index (χ1) is 4.25. The third-order valence-electron chi connectivity index (χ3n) is 0.916. The van der Waals surface area contributed by atoms with Gasteiger partial charge in [-0.05, 0) is 0 Å². The summed E-state index contributed by atoms with van der Waals surface area (Å²) in [6.45, 7) is 0. The van der Waals surface area contributed by atoms with Crippen molar-refractivity contribution in [1.82, 2.24) is 0 Å². The molecule has 1 rings (SSSR count). The maximum absolute atomic E-state index is 10.4. The zero-order valence-electron chi connectivity index (χ0n) is 4.37. The van der Waals surface area contributed by atoms with Gasteiger partial charge in [-0.3, -0.25) is 9.59 Å². The minimum Gasteiger partial charge on any atom is -0.515 e. The standard InChI is InChI=1S/C5H3NO3/c7-2-3-1-6-5(9)4(3)8/h1-2,7H/b3-2+. The number of hydrogen-bond donors (Lipinski definition) is 1. The van der Waals surface area contributed by atoms with Crippen LogP contribution in [0.5, 0.6) is 0 Å². The third kappa shape index (κ3) is 0.739. The number of Topliss-reactive ketones (excluding diaryl/α,β-unsaturated/α-hetero) is 1. The molecule has 0 atom stereocenters. The molecule has 0 saturated heterocycles. The molecule has 46 valence electrons. The van der Waals surface area contributed by atoms with Crippen LogP contribution in [0.25, 0.3) is 0 Å². The number of aliphatic hydroxyl groups excluding tert-OH is 1. The molecule has 0 fully saturated rings. The summed E-state index contributed by atoms with van der Waals surface area (Å²) in [4.78, 5) is 23.8. The summed E-state index contributed by atoms with van der Waals surface area (Å²) in [5, 5.41) is 8.23. The molecular formula is C5H3NO3. The molecule has 0 saturated carbocycles. The zero-order chi connectivity index (χ0) is 6.85. The summed E-state index contributed by atoms with van der Waals surface area (Å²) in [7, 11) is 0. The lowest BCUT2D eigenvalue weighted by Gasteiger charge is -1.79. The fourth-order valence-corrected chi connectivity index (χ4v) is 0.461. The first-order valence-electron chi connectivity index (χ1n) is 2.23. The van der Waals surface area contributed by atoms with Gasteiger partial charge in [0.1, 0.15) is 0 Å².